The van der Waals surface area contributed by atoms with E-state index in [1.165, 1.54) is 11.3 Å². The quantitative estimate of drug-likeness (QED) is 0.694. The molecular formula is C22H34N4O2. The normalized spacial score (nSPS) is 18.7. The molecule has 1 aliphatic rings. The van der Waals surface area contributed by atoms with Crippen LogP contribution < -0.4 is 4.74 Å². The summed E-state index contributed by atoms with van der Waals surface area (Å²) in [7, 11) is 0. The Morgan fingerprint density at radius 3 is 2.64 bits per heavy atom. The summed E-state index contributed by atoms with van der Waals surface area (Å²) in [5.74, 6) is 1.36. The first-order valence-corrected chi connectivity index (χ1v) is 10.4. The maximum Gasteiger partial charge on any atom is 0.119 e. The van der Waals surface area contributed by atoms with Gasteiger partial charge in [0.1, 0.15) is 5.75 Å². The maximum absolute atomic E-state index is 9.56. The Labute approximate surface area is 168 Å². The van der Waals surface area contributed by atoms with E-state index in [0.717, 1.165) is 50.6 Å². The van der Waals surface area contributed by atoms with Crippen LogP contribution in [0.5, 0.6) is 5.75 Å². The number of benzene rings is 1. The van der Waals surface area contributed by atoms with Crippen LogP contribution in [0.25, 0.3) is 0 Å². The second-order valence-corrected chi connectivity index (χ2v) is 7.92. The number of aromatic nitrogens is 2. The largest absolute Gasteiger partial charge is 0.494 e. The molecule has 1 aromatic carbocycles. The number of aromatic amines is 1. The number of nitrogens with one attached hydrogen (secondary N) is 1. The summed E-state index contributed by atoms with van der Waals surface area (Å²) in [4.78, 5) is 4.96. The molecule has 0 unspecified atom stereocenters. The molecule has 0 aliphatic carbocycles. The van der Waals surface area contributed by atoms with Gasteiger partial charge in [-0.2, -0.15) is 5.10 Å². The highest BCUT2D eigenvalue weighted by Crippen LogP contribution is 2.20. The SMILES string of the molecule is CCOc1ccc(CN2CCN(Cc3cc(C(C)C)n[nH]3)C[C@@H]2CCO)cc1. The number of aliphatic hydroxyl groups excluding tert-OH is 1. The van der Waals surface area contributed by atoms with Gasteiger partial charge in [0, 0.05) is 51.1 Å². The van der Waals surface area contributed by atoms with Crippen LogP contribution in [0.2, 0.25) is 0 Å². The van der Waals surface area contributed by atoms with Crippen LogP contribution in [-0.4, -0.2) is 64.0 Å². The van der Waals surface area contributed by atoms with E-state index >= 15 is 0 Å². The Morgan fingerprint density at radius 2 is 2.00 bits per heavy atom. The number of rotatable bonds is 9. The van der Waals surface area contributed by atoms with E-state index in [2.05, 4.69) is 52.0 Å². The van der Waals surface area contributed by atoms with Crippen molar-refractivity contribution in [3.05, 3.63) is 47.3 Å². The van der Waals surface area contributed by atoms with Crippen molar-refractivity contribution in [1.29, 1.82) is 0 Å². The molecule has 0 bridgehead atoms. The van der Waals surface area contributed by atoms with Crippen molar-refractivity contribution in [3.8, 4) is 5.75 Å². The predicted molar refractivity (Wildman–Crippen MR) is 111 cm³/mol. The van der Waals surface area contributed by atoms with E-state index < -0.39 is 0 Å². The fraction of sp³-hybridized carbons (Fsp3) is 0.591. The summed E-state index contributed by atoms with van der Waals surface area (Å²) in [5, 5.41) is 17.2. The number of ether oxygens (including phenoxy) is 1. The molecule has 1 aliphatic heterocycles. The van der Waals surface area contributed by atoms with Crippen molar-refractivity contribution in [3.63, 3.8) is 0 Å². The topological polar surface area (TPSA) is 64.6 Å². The van der Waals surface area contributed by atoms with Gasteiger partial charge in [0.25, 0.3) is 0 Å². The first-order chi connectivity index (χ1) is 13.6. The van der Waals surface area contributed by atoms with Crippen molar-refractivity contribution >= 4 is 0 Å². The second-order valence-electron chi connectivity index (χ2n) is 7.92. The number of nitrogens with zero attached hydrogens (tertiary/aromatic N) is 3. The van der Waals surface area contributed by atoms with Crippen LogP contribution in [0.15, 0.2) is 30.3 Å². The molecule has 1 saturated heterocycles. The number of hydrogen-bond acceptors (Lipinski definition) is 5. The molecule has 1 fully saturated rings. The summed E-state index contributed by atoms with van der Waals surface area (Å²) in [6.07, 6.45) is 0.799. The lowest BCUT2D eigenvalue weighted by molar-refractivity contribution is 0.0494. The van der Waals surface area contributed by atoms with Gasteiger partial charge in [-0.25, -0.2) is 0 Å². The van der Waals surface area contributed by atoms with E-state index in [0.29, 0.717) is 18.6 Å². The third-order valence-corrected chi connectivity index (χ3v) is 5.41. The number of piperazine rings is 1. The minimum atomic E-state index is 0.222. The monoisotopic (exact) mass is 386 g/mol. The molecular weight excluding hydrogens is 352 g/mol. The first kappa shape index (κ1) is 20.8. The molecule has 0 spiro atoms. The lowest BCUT2D eigenvalue weighted by Gasteiger charge is -2.41. The van der Waals surface area contributed by atoms with E-state index in [9.17, 15) is 5.11 Å². The van der Waals surface area contributed by atoms with Crippen molar-refractivity contribution in [1.82, 2.24) is 20.0 Å². The number of aliphatic hydroxyl groups is 1. The van der Waals surface area contributed by atoms with Gasteiger partial charge in [-0.3, -0.25) is 14.9 Å². The Balaban J connectivity index is 1.58. The Hall–Kier alpha value is -1.89. The summed E-state index contributed by atoms with van der Waals surface area (Å²) in [6, 6.07) is 10.9. The molecule has 1 aromatic heterocycles. The van der Waals surface area contributed by atoms with Gasteiger partial charge in [0.15, 0.2) is 0 Å². The fourth-order valence-electron chi connectivity index (χ4n) is 3.82. The third kappa shape index (κ3) is 5.56. The predicted octanol–water partition coefficient (Wildman–Crippen LogP) is 3.00. The zero-order valence-corrected chi connectivity index (χ0v) is 17.4. The molecule has 2 heterocycles. The molecule has 2 N–H and O–H groups in total. The minimum Gasteiger partial charge on any atom is -0.494 e. The van der Waals surface area contributed by atoms with Gasteiger partial charge >= 0.3 is 0 Å². The number of H-pyrrole nitrogens is 1. The zero-order valence-electron chi connectivity index (χ0n) is 17.4. The van der Waals surface area contributed by atoms with Gasteiger partial charge in [0.05, 0.1) is 12.3 Å². The van der Waals surface area contributed by atoms with E-state index in [4.69, 9.17) is 4.74 Å². The molecule has 154 valence electrons. The third-order valence-electron chi connectivity index (χ3n) is 5.41. The van der Waals surface area contributed by atoms with E-state index in [-0.39, 0.29) is 6.61 Å². The average molecular weight is 387 g/mol. The molecule has 6 nitrogen and oxygen atoms in total. The van der Waals surface area contributed by atoms with Crippen LogP contribution in [0, 0.1) is 0 Å². The molecule has 3 rings (SSSR count). The number of hydrogen-bond donors (Lipinski definition) is 2. The first-order valence-electron chi connectivity index (χ1n) is 10.4. The summed E-state index contributed by atoms with van der Waals surface area (Å²) < 4.78 is 5.54. The molecule has 6 heteroatoms. The van der Waals surface area contributed by atoms with E-state index in [1.54, 1.807) is 0 Å². The fourth-order valence-corrected chi connectivity index (χ4v) is 3.82. The Kier molecular flexibility index (Phi) is 7.48. The highest BCUT2D eigenvalue weighted by molar-refractivity contribution is 5.27. The minimum absolute atomic E-state index is 0.222. The average Bonchev–Trinajstić information content (AvgIpc) is 3.15. The highest BCUT2D eigenvalue weighted by Gasteiger charge is 2.27. The molecule has 1 atom stereocenters. The van der Waals surface area contributed by atoms with Gasteiger partial charge in [-0.1, -0.05) is 26.0 Å². The van der Waals surface area contributed by atoms with Crippen molar-refractivity contribution in [2.75, 3.05) is 32.8 Å². The molecule has 0 radical (unpaired) electrons. The maximum atomic E-state index is 9.56. The lowest BCUT2D eigenvalue weighted by Crippen LogP contribution is -2.52. The van der Waals surface area contributed by atoms with E-state index in [1.807, 2.05) is 19.1 Å². The molecule has 28 heavy (non-hydrogen) atoms. The summed E-state index contributed by atoms with van der Waals surface area (Å²) >= 11 is 0. The van der Waals surface area contributed by atoms with Crippen LogP contribution >= 0.6 is 0 Å². The van der Waals surface area contributed by atoms with Crippen molar-refractivity contribution < 1.29 is 9.84 Å². The Morgan fingerprint density at radius 1 is 1.21 bits per heavy atom. The summed E-state index contributed by atoms with van der Waals surface area (Å²) in [5.41, 5.74) is 3.58. The van der Waals surface area contributed by atoms with Crippen LogP contribution in [-0.2, 0) is 13.1 Å². The van der Waals surface area contributed by atoms with Crippen LogP contribution in [0.1, 0.15) is 50.1 Å². The molecule has 2 aromatic rings. The molecule has 0 saturated carbocycles. The standard InChI is InChI=1S/C22H34N4O2/c1-4-28-21-7-5-18(6-8-21)14-26-11-10-25(16-20(26)9-12-27)15-19-13-22(17(2)3)24-23-19/h5-8,13,17,20,27H,4,9-12,14-16H2,1-3H3,(H,23,24)/t20-/m0/s1. The van der Waals surface area contributed by atoms with Gasteiger partial charge in [0.2, 0.25) is 0 Å². The van der Waals surface area contributed by atoms with Crippen LogP contribution in [0.3, 0.4) is 0 Å². The highest BCUT2D eigenvalue weighted by atomic mass is 16.5. The van der Waals surface area contributed by atoms with Gasteiger partial charge < -0.3 is 9.84 Å². The smallest absolute Gasteiger partial charge is 0.119 e. The lowest BCUT2D eigenvalue weighted by atomic mass is 10.1. The zero-order chi connectivity index (χ0) is 19.9. The molecule has 0 amide bonds. The van der Waals surface area contributed by atoms with Gasteiger partial charge in [-0.15, -0.1) is 0 Å². The second kappa shape index (κ2) is 10.0. The van der Waals surface area contributed by atoms with Gasteiger partial charge in [-0.05, 0) is 43.0 Å². The van der Waals surface area contributed by atoms with Crippen LogP contribution in [0.4, 0.5) is 0 Å². The van der Waals surface area contributed by atoms with Crippen molar-refractivity contribution in [2.24, 2.45) is 0 Å². The Bertz CT molecular complexity index is 714. The van der Waals surface area contributed by atoms with Crippen molar-refractivity contribution in [2.45, 2.75) is 52.2 Å². The summed E-state index contributed by atoms with van der Waals surface area (Å²) in [6.45, 7) is 12.0.